The summed E-state index contributed by atoms with van der Waals surface area (Å²) in [6, 6.07) is 3.96. The van der Waals surface area contributed by atoms with E-state index in [-0.39, 0.29) is 5.56 Å². The topological polar surface area (TPSA) is 49.4 Å². The third-order valence-electron chi connectivity index (χ3n) is 3.67. The molecule has 0 bridgehead atoms. The zero-order valence-electron chi connectivity index (χ0n) is 13.4. The normalized spacial score (nSPS) is 22.5. The molecule has 3 amide bonds. The first-order chi connectivity index (χ1) is 10.3. The number of amides is 3. The van der Waals surface area contributed by atoms with Crippen molar-refractivity contribution in [3.63, 3.8) is 0 Å². The second-order valence-corrected chi connectivity index (χ2v) is 12.5. The first kappa shape index (κ1) is 17.5. The molecule has 1 aliphatic heterocycles. The van der Waals surface area contributed by atoms with Crippen molar-refractivity contribution < 1.29 is 22.8 Å². The molecular formula is C15H19F3N2O2Si. The average Bonchev–Trinajstić information content (AvgIpc) is 2.61. The van der Waals surface area contributed by atoms with Crippen LogP contribution in [0.1, 0.15) is 18.1 Å². The van der Waals surface area contributed by atoms with Gasteiger partial charge in [0.25, 0.3) is 5.91 Å². The van der Waals surface area contributed by atoms with Crippen molar-refractivity contribution in [3.05, 3.63) is 35.4 Å². The Morgan fingerprint density at radius 3 is 2.35 bits per heavy atom. The number of hydrogen-bond acceptors (Lipinski definition) is 2. The lowest BCUT2D eigenvalue weighted by Gasteiger charge is -2.25. The Labute approximate surface area is 133 Å². The van der Waals surface area contributed by atoms with Crippen LogP contribution in [0.2, 0.25) is 19.6 Å². The van der Waals surface area contributed by atoms with E-state index in [0.29, 0.717) is 6.17 Å². The van der Waals surface area contributed by atoms with Crippen LogP contribution in [0.3, 0.4) is 0 Å². The van der Waals surface area contributed by atoms with Gasteiger partial charge in [0.15, 0.2) is 0 Å². The summed E-state index contributed by atoms with van der Waals surface area (Å²) in [4.78, 5) is 25.9. The number of urea groups is 1. The van der Waals surface area contributed by atoms with Crippen LogP contribution in [0.25, 0.3) is 0 Å². The molecule has 0 unspecified atom stereocenters. The van der Waals surface area contributed by atoms with E-state index in [2.05, 4.69) is 5.32 Å². The summed E-state index contributed by atoms with van der Waals surface area (Å²) in [5.41, 5.74) is -2.19. The number of nitrogens with zero attached hydrogens (tertiary/aromatic N) is 1. The number of alkyl halides is 3. The van der Waals surface area contributed by atoms with Gasteiger partial charge < -0.3 is 5.32 Å². The molecule has 1 fully saturated rings. The van der Waals surface area contributed by atoms with Crippen LogP contribution in [0.15, 0.2) is 24.3 Å². The number of carbonyl (C=O) groups is 2. The van der Waals surface area contributed by atoms with E-state index in [0.717, 1.165) is 17.0 Å². The SMILES string of the molecule is C[C@@]1(c2cccc(C(F)(F)F)c2)NC(=O)N(C[Si](C)(C)C)C1=O. The van der Waals surface area contributed by atoms with Gasteiger partial charge in [0.05, 0.1) is 13.6 Å². The predicted molar refractivity (Wildman–Crippen MR) is 82.4 cm³/mol. The highest BCUT2D eigenvalue weighted by atomic mass is 28.3. The maximum Gasteiger partial charge on any atom is 0.416 e. The van der Waals surface area contributed by atoms with E-state index >= 15 is 0 Å². The van der Waals surface area contributed by atoms with E-state index in [1.165, 1.54) is 19.1 Å². The summed E-state index contributed by atoms with van der Waals surface area (Å²) in [7, 11) is -1.75. The van der Waals surface area contributed by atoms with Crippen LogP contribution >= 0.6 is 0 Å². The second kappa shape index (κ2) is 5.36. The van der Waals surface area contributed by atoms with Gasteiger partial charge in [-0.15, -0.1) is 0 Å². The van der Waals surface area contributed by atoms with Crippen molar-refractivity contribution in [2.75, 3.05) is 6.17 Å². The minimum Gasteiger partial charge on any atom is -0.319 e. The number of benzene rings is 1. The van der Waals surface area contributed by atoms with E-state index in [4.69, 9.17) is 0 Å². The Morgan fingerprint density at radius 1 is 1.22 bits per heavy atom. The molecule has 1 heterocycles. The highest BCUT2D eigenvalue weighted by Crippen LogP contribution is 2.34. The van der Waals surface area contributed by atoms with E-state index in [1.54, 1.807) is 0 Å². The Bertz CT molecular complexity index is 655. The fraction of sp³-hybridized carbons (Fsp3) is 0.467. The van der Waals surface area contributed by atoms with Crippen molar-refractivity contribution in [1.29, 1.82) is 0 Å². The van der Waals surface area contributed by atoms with Gasteiger partial charge in [-0.05, 0) is 24.6 Å². The zero-order chi connectivity index (χ0) is 17.6. The average molecular weight is 344 g/mol. The molecular weight excluding hydrogens is 325 g/mol. The van der Waals surface area contributed by atoms with Gasteiger partial charge in [-0.25, -0.2) is 4.79 Å². The molecule has 0 saturated carbocycles. The second-order valence-electron chi connectivity index (χ2n) is 7.09. The number of carbonyl (C=O) groups excluding carboxylic acids is 2. The first-order valence-corrected chi connectivity index (χ1v) is 10.9. The fourth-order valence-electron chi connectivity index (χ4n) is 2.52. The predicted octanol–water partition coefficient (Wildman–Crippen LogP) is 3.35. The van der Waals surface area contributed by atoms with Crippen LogP contribution in [0, 0.1) is 0 Å². The lowest BCUT2D eigenvalue weighted by molar-refractivity contribution is -0.138. The van der Waals surface area contributed by atoms with Gasteiger partial charge in [0.2, 0.25) is 0 Å². The van der Waals surface area contributed by atoms with Gasteiger partial charge in [0, 0.05) is 6.17 Å². The standard InChI is InChI=1S/C15H19F3N2O2Si/c1-14(10-6-5-7-11(8-10)15(16,17)18)12(21)20(13(22)19-14)9-23(2,3)4/h5-8H,9H2,1-4H3,(H,19,22)/t14-/m0/s1. The molecule has 8 heteroatoms. The number of imide groups is 1. The lowest BCUT2D eigenvalue weighted by Crippen LogP contribution is -2.45. The molecule has 0 spiro atoms. The molecule has 1 N–H and O–H groups in total. The van der Waals surface area contributed by atoms with Crippen LogP contribution < -0.4 is 5.32 Å². The molecule has 1 aromatic rings. The molecule has 2 rings (SSSR count). The van der Waals surface area contributed by atoms with Crippen molar-refractivity contribution >= 4 is 20.0 Å². The van der Waals surface area contributed by atoms with Crippen LogP contribution in [-0.4, -0.2) is 31.1 Å². The van der Waals surface area contributed by atoms with Crippen LogP contribution in [0.5, 0.6) is 0 Å². The summed E-state index contributed by atoms with van der Waals surface area (Å²) in [6.07, 6.45) is -4.18. The van der Waals surface area contributed by atoms with Crippen molar-refractivity contribution in [3.8, 4) is 0 Å². The van der Waals surface area contributed by atoms with Crippen molar-refractivity contribution in [2.45, 2.75) is 38.3 Å². The van der Waals surface area contributed by atoms with E-state index in [9.17, 15) is 22.8 Å². The number of nitrogens with one attached hydrogen (secondary N) is 1. The zero-order valence-corrected chi connectivity index (χ0v) is 14.4. The number of hydrogen-bond donors (Lipinski definition) is 1. The van der Waals surface area contributed by atoms with Gasteiger partial charge in [-0.1, -0.05) is 31.8 Å². The molecule has 1 atom stereocenters. The quantitative estimate of drug-likeness (QED) is 0.675. The summed E-state index contributed by atoms with van der Waals surface area (Å²) < 4.78 is 38.6. The smallest absolute Gasteiger partial charge is 0.319 e. The Balaban J connectivity index is 2.40. The molecule has 4 nitrogen and oxygen atoms in total. The van der Waals surface area contributed by atoms with Crippen molar-refractivity contribution in [1.82, 2.24) is 10.2 Å². The molecule has 23 heavy (non-hydrogen) atoms. The Morgan fingerprint density at radius 2 is 1.83 bits per heavy atom. The molecule has 0 aliphatic carbocycles. The largest absolute Gasteiger partial charge is 0.416 e. The van der Waals surface area contributed by atoms with Gasteiger partial charge >= 0.3 is 12.2 Å². The van der Waals surface area contributed by atoms with Gasteiger partial charge in [-0.3, -0.25) is 9.69 Å². The summed E-state index contributed by atoms with van der Waals surface area (Å²) in [5.74, 6) is -0.510. The van der Waals surface area contributed by atoms with Gasteiger partial charge in [-0.2, -0.15) is 13.2 Å². The minimum atomic E-state index is -4.50. The van der Waals surface area contributed by atoms with E-state index in [1.807, 2.05) is 19.6 Å². The molecule has 0 aromatic heterocycles. The molecule has 0 radical (unpaired) electrons. The third kappa shape index (κ3) is 3.41. The highest BCUT2D eigenvalue weighted by molar-refractivity contribution is 6.76. The molecule has 126 valence electrons. The number of halogens is 3. The number of rotatable bonds is 3. The fourth-order valence-corrected chi connectivity index (χ4v) is 3.75. The molecule has 1 saturated heterocycles. The maximum absolute atomic E-state index is 12.9. The van der Waals surface area contributed by atoms with E-state index < -0.39 is 37.3 Å². The first-order valence-electron chi connectivity index (χ1n) is 7.16. The van der Waals surface area contributed by atoms with Crippen LogP contribution in [-0.2, 0) is 16.5 Å². The molecule has 1 aliphatic rings. The summed E-state index contributed by atoms with van der Waals surface area (Å²) >= 11 is 0. The minimum absolute atomic E-state index is 0.128. The molecule has 1 aromatic carbocycles. The maximum atomic E-state index is 12.9. The third-order valence-corrected chi connectivity index (χ3v) is 4.94. The van der Waals surface area contributed by atoms with Gasteiger partial charge in [0.1, 0.15) is 5.54 Å². The van der Waals surface area contributed by atoms with Crippen LogP contribution in [0.4, 0.5) is 18.0 Å². The van der Waals surface area contributed by atoms with Crippen molar-refractivity contribution in [2.24, 2.45) is 0 Å². The monoisotopic (exact) mass is 344 g/mol. The highest BCUT2D eigenvalue weighted by Gasteiger charge is 2.50. The lowest BCUT2D eigenvalue weighted by atomic mass is 9.91. The summed E-state index contributed by atoms with van der Waals surface area (Å²) in [5, 5.41) is 2.54. The Hall–Kier alpha value is -1.83. The Kier molecular flexibility index (Phi) is 4.09. The summed E-state index contributed by atoms with van der Waals surface area (Å²) in [6.45, 7) is 7.46.